The summed E-state index contributed by atoms with van der Waals surface area (Å²) in [6.45, 7) is 1.21. The van der Waals surface area contributed by atoms with Crippen molar-refractivity contribution in [1.82, 2.24) is 0 Å². The van der Waals surface area contributed by atoms with Gasteiger partial charge in [0.15, 0.2) is 6.10 Å². The Bertz CT molecular complexity index is 900. The molecule has 7 nitrogen and oxygen atoms in total. The van der Waals surface area contributed by atoms with Gasteiger partial charge in [-0.1, -0.05) is 12.1 Å². The molecule has 0 saturated carbocycles. The number of nitrogens with one attached hydrogen (secondary N) is 1. The van der Waals surface area contributed by atoms with Crippen LogP contribution in [0.1, 0.15) is 17.3 Å². The van der Waals surface area contributed by atoms with Gasteiger partial charge >= 0.3 is 5.97 Å². The number of benzene rings is 2. The lowest BCUT2D eigenvalue weighted by molar-refractivity contribution is -0.128. The number of para-hydroxylation sites is 2. The van der Waals surface area contributed by atoms with Gasteiger partial charge in [0.05, 0.1) is 16.9 Å². The summed E-state index contributed by atoms with van der Waals surface area (Å²) in [7, 11) is 0. The molecule has 0 aliphatic carbocycles. The van der Waals surface area contributed by atoms with Crippen molar-refractivity contribution in [2.24, 2.45) is 0 Å². The molecular formula is C18H16FN3O4. The zero-order valence-corrected chi connectivity index (χ0v) is 13.9. The highest BCUT2D eigenvalue weighted by molar-refractivity contribution is 6.11. The Morgan fingerprint density at radius 3 is 2.73 bits per heavy atom. The average Bonchev–Trinajstić information content (AvgIpc) is 2.60. The van der Waals surface area contributed by atoms with Crippen LogP contribution in [-0.4, -0.2) is 30.4 Å². The van der Waals surface area contributed by atoms with E-state index in [9.17, 15) is 18.8 Å². The van der Waals surface area contributed by atoms with Crippen LogP contribution >= 0.6 is 0 Å². The van der Waals surface area contributed by atoms with Gasteiger partial charge in [0.1, 0.15) is 12.4 Å². The number of fused-ring (bicyclic) bond motifs is 1. The predicted molar refractivity (Wildman–Crippen MR) is 93.1 cm³/mol. The molecule has 0 fully saturated rings. The molecule has 0 aromatic heterocycles. The number of nitrogens with zero attached hydrogens (tertiary/aromatic N) is 1. The maximum absolute atomic E-state index is 13.1. The molecule has 1 atom stereocenters. The van der Waals surface area contributed by atoms with Crippen LogP contribution in [0, 0.1) is 5.82 Å². The lowest BCUT2D eigenvalue weighted by Gasteiger charge is -2.30. The zero-order valence-electron chi connectivity index (χ0n) is 13.9. The van der Waals surface area contributed by atoms with E-state index in [1.54, 1.807) is 24.3 Å². The van der Waals surface area contributed by atoms with Crippen molar-refractivity contribution in [3.05, 3.63) is 53.8 Å². The summed E-state index contributed by atoms with van der Waals surface area (Å²) in [5.41, 5.74) is 6.50. The molecule has 0 saturated heterocycles. The number of anilines is 3. The van der Waals surface area contributed by atoms with Gasteiger partial charge in [0.25, 0.3) is 5.91 Å². The minimum atomic E-state index is -1.16. The molecule has 26 heavy (non-hydrogen) atoms. The first-order valence-corrected chi connectivity index (χ1v) is 7.83. The van der Waals surface area contributed by atoms with E-state index in [4.69, 9.17) is 10.5 Å². The lowest BCUT2D eigenvalue weighted by atomic mass is 10.1. The summed E-state index contributed by atoms with van der Waals surface area (Å²) in [5, 5.41) is 2.67. The van der Waals surface area contributed by atoms with Crippen molar-refractivity contribution < 1.29 is 23.5 Å². The number of hydrogen-bond acceptors (Lipinski definition) is 5. The van der Waals surface area contributed by atoms with Gasteiger partial charge in [0.2, 0.25) is 5.91 Å². The summed E-state index contributed by atoms with van der Waals surface area (Å²) in [6.07, 6.45) is -1.16. The lowest BCUT2D eigenvalue weighted by Crippen LogP contribution is -2.47. The SMILES string of the molecule is C[C@@H](OC(=O)c1ccc(F)cc1N)C(=O)N1CC(=O)Nc2ccccc21. The van der Waals surface area contributed by atoms with Gasteiger partial charge in [-0.15, -0.1) is 0 Å². The molecule has 0 radical (unpaired) electrons. The molecule has 3 N–H and O–H groups in total. The van der Waals surface area contributed by atoms with E-state index in [1.807, 2.05) is 0 Å². The molecule has 0 bridgehead atoms. The third-order valence-corrected chi connectivity index (χ3v) is 3.90. The Morgan fingerprint density at radius 1 is 1.27 bits per heavy atom. The number of esters is 1. The molecule has 0 spiro atoms. The molecule has 2 amide bonds. The molecule has 2 aromatic rings. The first-order valence-electron chi connectivity index (χ1n) is 7.83. The first kappa shape index (κ1) is 17.4. The van der Waals surface area contributed by atoms with Crippen LogP contribution in [0.5, 0.6) is 0 Å². The summed E-state index contributed by atoms with van der Waals surface area (Å²) in [5.74, 6) is -2.34. The van der Waals surface area contributed by atoms with E-state index >= 15 is 0 Å². The maximum atomic E-state index is 13.1. The highest BCUT2D eigenvalue weighted by Gasteiger charge is 2.31. The largest absolute Gasteiger partial charge is 0.449 e. The quantitative estimate of drug-likeness (QED) is 0.646. The first-order chi connectivity index (χ1) is 12.4. The molecule has 2 aromatic carbocycles. The summed E-state index contributed by atoms with van der Waals surface area (Å²) in [6, 6.07) is 10.1. The molecule has 134 valence electrons. The van der Waals surface area contributed by atoms with Crippen LogP contribution in [0.3, 0.4) is 0 Å². The predicted octanol–water partition coefficient (Wildman–Crippen LogP) is 1.94. The number of amides is 2. The smallest absolute Gasteiger partial charge is 0.341 e. The normalized spacial score (nSPS) is 14.2. The number of halogens is 1. The number of rotatable bonds is 3. The minimum Gasteiger partial charge on any atom is -0.449 e. The Hall–Kier alpha value is -3.42. The minimum absolute atomic E-state index is 0.0390. The second kappa shape index (κ2) is 6.83. The fraction of sp³-hybridized carbons (Fsp3) is 0.167. The highest BCUT2D eigenvalue weighted by atomic mass is 19.1. The molecule has 0 unspecified atom stereocenters. The number of hydrogen-bond donors (Lipinski definition) is 2. The monoisotopic (exact) mass is 357 g/mol. The van der Waals surface area contributed by atoms with Crippen molar-refractivity contribution in [2.45, 2.75) is 13.0 Å². The maximum Gasteiger partial charge on any atom is 0.341 e. The van der Waals surface area contributed by atoms with Crippen LogP contribution < -0.4 is 16.0 Å². The third kappa shape index (κ3) is 3.34. The van der Waals surface area contributed by atoms with Crippen LogP contribution in [0.4, 0.5) is 21.5 Å². The zero-order chi connectivity index (χ0) is 18.8. The van der Waals surface area contributed by atoms with Gasteiger partial charge in [-0.2, -0.15) is 0 Å². The number of carbonyl (C=O) groups is 3. The molecule has 1 aliphatic rings. The van der Waals surface area contributed by atoms with Gasteiger partial charge in [-0.25, -0.2) is 9.18 Å². The summed E-state index contributed by atoms with van der Waals surface area (Å²) < 4.78 is 18.2. The van der Waals surface area contributed by atoms with Crippen molar-refractivity contribution in [1.29, 1.82) is 0 Å². The van der Waals surface area contributed by atoms with Crippen LogP contribution in [0.25, 0.3) is 0 Å². The van der Waals surface area contributed by atoms with E-state index in [2.05, 4.69) is 5.32 Å². The molecule has 8 heteroatoms. The average molecular weight is 357 g/mol. The van der Waals surface area contributed by atoms with Gasteiger partial charge in [-0.05, 0) is 37.3 Å². The van der Waals surface area contributed by atoms with Gasteiger partial charge in [0, 0.05) is 5.69 Å². The van der Waals surface area contributed by atoms with E-state index in [1.165, 1.54) is 17.9 Å². The van der Waals surface area contributed by atoms with E-state index < -0.39 is 23.8 Å². The summed E-state index contributed by atoms with van der Waals surface area (Å²) >= 11 is 0. The fourth-order valence-electron chi connectivity index (χ4n) is 2.64. The van der Waals surface area contributed by atoms with Crippen molar-refractivity contribution >= 4 is 34.8 Å². The number of ether oxygens (including phenoxy) is 1. The molecule has 1 heterocycles. The van der Waals surface area contributed by atoms with E-state index in [0.29, 0.717) is 11.4 Å². The fourth-order valence-corrected chi connectivity index (χ4v) is 2.64. The third-order valence-electron chi connectivity index (χ3n) is 3.90. The van der Waals surface area contributed by atoms with Crippen LogP contribution in [0.2, 0.25) is 0 Å². The standard InChI is InChI=1S/C18H16FN3O4/c1-10(26-18(25)12-7-6-11(19)8-13(12)20)17(24)22-9-16(23)21-14-4-2-3-5-15(14)22/h2-8,10H,9,20H2,1H3,(H,21,23)/t10-/m1/s1. The highest BCUT2D eigenvalue weighted by Crippen LogP contribution is 2.29. The Labute approximate surface area is 148 Å². The van der Waals surface area contributed by atoms with Gasteiger partial charge < -0.3 is 15.8 Å². The summed E-state index contributed by atoms with van der Waals surface area (Å²) in [4.78, 5) is 38.0. The van der Waals surface area contributed by atoms with Gasteiger partial charge in [-0.3, -0.25) is 14.5 Å². The Kier molecular flexibility index (Phi) is 4.57. The molecule has 1 aliphatic heterocycles. The van der Waals surface area contributed by atoms with Crippen molar-refractivity contribution in [3.63, 3.8) is 0 Å². The number of nitrogen functional groups attached to an aromatic ring is 1. The van der Waals surface area contributed by atoms with Crippen molar-refractivity contribution in [3.8, 4) is 0 Å². The van der Waals surface area contributed by atoms with Crippen LogP contribution in [-0.2, 0) is 14.3 Å². The Morgan fingerprint density at radius 2 is 2.00 bits per heavy atom. The second-order valence-corrected chi connectivity index (χ2v) is 5.77. The number of carbonyl (C=O) groups excluding carboxylic acids is 3. The Balaban J connectivity index is 1.78. The number of nitrogens with two attached hydrogens (primary N) is 1. The molecular weight excluding hydrogens is 341 g/mol. The second-order valence-electron chi connectivity index (χ2n) is 5.77. The molecule has 3 rings (SSSR count). The van der Waals surface area contributed by atoms with E-state index in [-0.39, 0.29) is 23.7 Å². The van der Waals surface area contributed by atoms with Crippen molar-refractivity contribution in [2.75, 3.05) is 22.5 Å². The van der Waals surface area contributed by atoms with E-state index in [0.717, 1.165) is 12.1 Å². The topological polar surface area (TPSA) is 102 Å². The van der Waals surface area contributed by atoms with Crippen LogP contribution in [0.15, 0.2) is 42.5 Å².